The quantitative estimate of drug-likeness (QED) is 0.900. The molecule has 0 radical (unpaired) electrons. The summed E-state index contributed by atoms with van der Waals surface area (Å²) >= 11 is 0. The number of hydrogen-bond acceptors (Lipinski definition) is 3. The third-order valence-electron chi connectivity index (χ3n) is 2.42. The van der Waals surface area contributed by atoms with Gasteiger partial charge < -0.3 is 14.5 Å². The first-order chi connectivity index (χ1) is 8.74. The molecule has 4 nitrogen and oxygen atoms in total. The van der Waals surface area contributed by atoms with E-state index in [0.29, 0.717) is 12.3 Å². The maximum Gasteiger partial charge on any atom is 0.407 e. The molecule has 0 unspecified atom stereocenters. The van der Waals surface area contributed by atoms with E-state index in [2.05, 4.69) is 5.32 Å². The highest BCUT2D eigenvalue weighted by Crippen LogP contribution is 2.06. The Morgan fingerprint density at radius 1 is 1.22 bits per heavy atom. The van der Waals surface area contributed by atoms with E-state index in [4.69, 9.17) is 9.15 Å². The molecular formula is C14H15NO3. The second-order valence-electron chi connectivity index (χ2n) is 3.93. The molecule has 0 fully saturated rings. The molecule has 4 heteroatoms. The van der Waals surface area contributed by atoms with Crippen molar-refractivity contribution in [3.05, 3.63) is 59.5 Å². The number of aryl methyl sites for hydroxylation is 1. The Bertz CT molecular complexity index is 505. The van der Waals surface area contributed by atoms with Gasteiger partial charge in [-0.15, -0.1) is 0 Å². The van der Waals surface area contributed by atoms with Crippen LogP contribution in [-0.4, -0.2) is 6.09 Å². The lowest BCUT2D eigenvalue weighted by molar-refractivity contribution is 0.138. The van der Waals surface area contributed by atoms with Crippen LogP contribution in [0, 0.1) is 6.92 Å². The molecule has 0 bridgehead atoms. The van der Waals surface area contributed by atoms with Crippen LogP contribution in [0.15, 0.2) is 46.9 Å². The van der Waals surface area contributed by atoms with E-state index in [0.717, 1.165) is 11.3 Å². The van der Waals surface area contributed by atoms with Crippen LogP contribution >= 0.6 is 0 Å². The molecule has 1 N–H and O–H groups in total. The number of benzene rings is 1. The maximum absolute atomic E-state index is 11.4. The van der Waals surface area contributed by atoms with Gasteiger partial charge in [-0.3, -0.25) is 0 Å². The number of rotatable bonds is 4. The first kappa shape index (κ1) is 12.2. The van der Waals surface area contributed by atoms with Gasteiger partial charge in [0, 0.05) is 0 Å². The number of ether oxygens (including phenoxy) is 1. The highest BCUT2D eigenvalue weighted by Gasteiger charge is 2.04. The Kier molecular flexibility index (Phi) is 4.02. The first-order valence-electron chi connectivity index (χ1n) is 5.74. The average molecular weight is 245 g/mol. The van der Waals surface area contributed by atoms with Crippen molar-refractivity contribution in [2.24, 2.45) is 0 Å². The third-order valence-corrected chi connectivity index (χ3v) is 2.42. The van der Waals surface area contributed by atoms with Crippen molar-refractivity contribution in [1.29, 1.82) is 0 Å². The Balaban J connectivity index is 1.73. The minimum absolute atomic E-state index is 0.268. The summed E-state index contributed by atoms with van der Waals surface area (Å²) in [6.07, 6.45) is -0.451. The van der Waals surface area contributed by atoms with Gasteiger partial charge in [-0.2, -0.15) is 0 Å². The zero-order valence-electron chi connectivity index (χ0n) is 10.2. The van der Waals surface area contributed by atoms with E-state index in [9.17, 15) is 4.79 Å². The van der Waals surface area contributed by atoms with Crippen molar-refractivity contribution in [3.8, 4) is 0 Å². The van der Waals surface area contributed by atoms with Gasteiger partial charge in [0.25, 0.3) is 0 Å². The van der Waals surface area contributed by atoms with Crippen LogP contribution in [0.3, 0.4) is 0 Å². The number of carbonyl (C=O) groups is 1. The predicted molar refractivity (Wildman–Crippen MR) is 66.9 cm³/mol. The van der Waals surface area contributed by atoms with Gasteiger partial charge in [-0.25, -0.2) is 4.79 Å². The molecule has 0 aliphatic heterocycles. The number of nitrogens with one attached hydrogen (secondary N) is 1. The molecule has 0 spiro atoms. The molecule has 1 aromatic carbocycles. The predicted octanol–water partition coefficient (Wildman–Crippen LogP) is 3.01. The summed E-state index contributed by atoms with van der Waals surface area (Å²) < 4.78 is 10.4. The Hall–Kier alpha value is -2.23. The smallest absolute Gasteiger partial charge is 0.407 e. The Morgan fingerprint density at radius 3 is 2.67 bits per heavy atom. The molecular weight excluding hydrogens is 230 g/mol. The van der Waals surface area contributed by atoms with E-state index >= 15 is 0 Å². The van der Waals surface area contributed by atoms with Crippen LogP contribution < -0.4 is 5.32 Å². The molecule has 0 atom stereocenters. The van der Waals surface area contributed by atoms with Crippen molar-refractivity contribution >= 4 is 6.09 Å². The van der Waals surface area contributed by atoms with Gasteiger partial charge in [0.2, 0.25) is 0 Å². The SMILES string of the molecule is Cc1ccc(CNC(=O)OCc2ccccc2)o1. The van der Waals surface area contributed by atoms with Crippen molar-refractivity contribution in [1.82, 2.24) is 5.32 Å². The number of carbonyl (C=O) groups excluding carboxylic acids is 1. The summed E-state index contributed by atoms with van der Waals surface area (Å²) in [5.74, 6) is 1.54. The topological polar surface area (TPSA) is 51.5 Å². The lowest BCUT2D eigenvalue weighted by Crippen LogP contribution is -2.23. The van der Waals surface area contributed by atoms with Crippen LogP contribution in [0.1, 0.15) is 17.1 Å². The van der Waals surface area contributed by atoms with E-state index < -0.39 is 6.09 Å². The normalized spacial score (nSPS) is 10.1. The number of amides is 1. The van der Waals surface area contributed by atoms with Crippen LogP contribution in [0.5, 0.6) is 0 Å². The van der Waals surface area contributed by atoms with Crippen LogP contribution in [0.2, 0.25) is 0 Å². The Labute approximate surface area is 106 Å². The summed E-state index contributed by atoms with van der Waals surface area (Å²) in [4.78, 5) is 11.4. The van der Waals surface area contributed by atoms with Crippen molar-refractivity contribution in [3.63, 3.8) is 0 Å². The summed E-state index contributed by atoms with van der Waals surface area (Å²) in [6, 6.07) is 13.2. The monoisotopic (exact) mass is 245 g/mol. The average Bonchev–Trinajstić information content (AvgIpc) is 2.81. The molecule has 1 heterocycles. The molecule has 0 saturated heterocycles. The summed E-state index contributed by atoms with van der Waals surface area (Å²) in [7, 11) is 0. The molecule has 1 amide bonds. The first-order valence-corrected chi connectivity index (χ1v) is 5.74. The summed E-state index contributed by atoms with van der Waals surface area (Å²) in [5.41, 5.74) is 0.960. The molecule has 94 valence electrons. The lowest BCUT2D eigenvalue weighted by Gasteiger charge is -2.05. The van der Waals surface area contributed by atoms with Crippen LogP contribution in [0.4, 0.5) is 4.79 Å². The van der Waals surface area contributed by atoms with Gasteiger partial charge in [-0.05, 0) is 24.6 Å². The standard InChI is InChI=1S/C14H15NO3/c1-11-7-8-13(18-11)9-15-14(16)17-10-12-5-3-2-4-6-12/h2-8H,9-10H2,1H3,(H,15,16). The van der Waals surface area contributed by atoms with Gasteiger partial charge in [-0.1, -0.05) is 30.3 Å². The number of alkyl carbamates (subject to hydrolysis) is 1. The molecule has 2 aromatic rings. The van der Waals surface area contributed by atoms with Crippen molar-refractivity contribution < 1.29 is 13.9 Å². The fraction of sp³-hybridized carbons (Fsp3) is 0.214. The van der Waals surface area contributed by atoms with Crippen molar-refractivity contribution in [2.75, 3.05) is 0 Å². The molecule has 0 aliphatic carbocycles. The highest BCUT2D eigenvalue weighted by atomic mass is 16.5. The zero-order chi connectivity index (χ0) is 12.8. The largest absolute Gasteiger partial charge is 0.465 e. The number of hydrogen-bond donors (Lipinski definition) is 1. The van der Waals surface area contributed by atoms with Crippen LogP contribution in [-0.2, 0) is 17.9 Å². The highest BCUT2D eigenvalue weighted by molar-refractivity contribution is 5.67. The van der Waals surface area contributed by atoms with Crippen molar-refractivity contribution in [2.45, 2.75) is 20.1 Å². The summed E-state index contributed by atoms with van der Waals surface area (Å²) in [5, 5.41) is 2.63. The van der Waals surface area contributed by atoms with E-state index in [1.807, 2.05) is 49.4 Å². The second kappa shape index (κ2) is 5.91. The minimum atomic E-state index is -0.451. The fourth-order valence-corrected chi connectivity index (χ4v) is 1.51. The molecule has 0 saturated carbocycles. The van der Waals surface area contributed by atoms with E-state index in [-0.39, 0.29) is 6.61 Å². The van der Waals surface area contributed by atoms with Gasteiger partial charge in [0.15, 0.2) is 0 Å². The van der Waals surface area contributed by atoms with Crippen LogP contribution in [0.25, 0.3) is 0 Å². The number of furan rings is 1. The minimum Gasteiger partial charge on any atom is -0.465 e. The lowest BCUT2D eigenvalue weighted by atomic mass is 10.2. The van der Waals surface area contributed by atoms with E-state index in [1.54, 1.807) is 0 Å². The second-order valence-corrected chi connectivity index (χ2v) is 3.93. The molecule has 2 rings (SSSR count). The molecule has 18 heavy (non-hydrogen) atoms. The molecule has 0 aliphatic rings. The van der Waals surface area contributed by atoms with Gasteiger partial charge in [0.05, 0.1) is 6.54 Å². The van der Waals surface area contributed by atoms with E-state index in [1.165, 1.54) is 0 Å². The zero-order valence-corrected chi connectivity index (χ0v) is 10.2. The fourth-order valence-electron chi connectivity index (χ4n) is 1.51. The summed E-state index contributed by atoms with van der Waals surface area (Å²) in [6.45, 7) is 2.46. The van der Waals surface area contributed by atoms with Gasteiger partial charge >= 0.3 is 6.09 Å². The Morgan fingerprint density at radius 2 is 2.00 bits per heavy atom. The molecule has 1 aromatic heterocycles. The van der Waals surface area contributed by atoms with Gasteiger partial charge in [0.1, 0.15) is 18.1 Å². The maximum atomic E-state index is 11.4. The third kappa shape index (κ3) is 3.66.